The molecule has 1 N–H and O–H groups in total. The zero-order valence-electron chi connectivity index (χ0n) is 25.4. The highest BCUT2D eigenvalue weighted by Gasteiger charge is 2.34. The van der Waals surface area contributed by atoms with Crippen LogP contribution < -0.4 is 10.1 Å². The lowest BCUT2D eigenvalue weighted by molar-refractivity contribution is -0.384. The highest BCUT2D eigenvalue weighted by atomic mass is 32.2. The number of non-ortho nitro benzene ring substituents is 1. The molecule has 1 unspecified atom stereocenters. The molecule has 1 atom stereocenters. The molecule has 3 aromatic carbocycles. The number of hydrogen-bond donors (Lipinski definition) is 1. The first-order valence-corrected chi connectivity index (χ1v) is 16.4. The number of carbonyl (C=O) groups is 2. The van der Waals surface area contributed by atoms with Crippen molar-refractivity contribution in [2.45, 2.75) is 31.1 Å². The van der Waals surface area contributed by atoms with Crippen molar-refractivity contribution >= 4 is 46.3 Å². The third-order valence-electron chi connectivity index (χ3n) is 7.53. The average Bonchev–Trinajstić information content (AvgIpc) is 3.87. The molecular weight excluding hydrogens is 639 g/mol. The number of nitrogens with zero attached hydrogens (tertiary/aromatic N) is 6. The molecule has 0 fully saturated rings. The second-order valence-corrected chi connectivity index (χ2v) is 12.5. The van der Waals surface area contributed by atoms with E-state index < -0.39 is 10.8 Å². The first-order valence-electron chi connectivity index (χ1n) is 14.6. The summed E-state index contributed by atoms with van der Waals surface area (Å²) >= 11 is 2.80. The molecule has 0 aliphatic carbocycles. The predicted octanol–water partition coefficient (Wildman–Crippen LogP) is 5.95. The van der Waals surface area contributed by atoms with Crippen molar-refractivity contribution in [2.75, 3.05) is 12.9 Å². The van der Waals surface area contributed by atoms with E-state index in [1.807, 2.05) is 66.9 Å². The van der Waals surface area contributed by atoms with E-state index in [1.54, 1.807) is 34.1 Å². The molecule has 3 heterocycles. The van der Waals surface area contributed by atoms with Crippen LogP contribution in [0.25, 0.3) is 5.69 Å². The normalized spacial score (nSPS) is 14.1. The highest BCUT2D eigenvalue weighted by Crippen LogP contribution is 2.35. The van der Waals surface area contributed by atoms with Crippen molar-refractivity contribution in [2.24, 2.45) is 5.10 Å². The molecule has 238 valence electrons. The number of thiophene rings is 1. The average molecular weight is 668 g/mol. The fraction of sp³-hybridized carbons (Fsp3) is 0.182. The Hall–Kier alpha value is -5.34. The van der Waals surface area contributed by atoms with Crippen LogP contribution in [0.2, 0.25) is 0 Å². The SMILES string of the molecule is COc1ccccc1-n1c(CNC(=O)c2ccc([N+](=O)[O-])cc2)nnc1SCC(=O)N1N=C(c2cccs2)CC1c1ccc(C)cc1. The van der Waals surface area contributed by atoms with Gasteiger partial charge in [-0.1, -0.05) is 59.8 Å². The molecule has 14 heteroatoms. The van der Waals surface area contributed by atoms with Crippen LogP contribution in [0.1, 0.15) is 44.6 Å². The molecule has 12 nitrogen and oxygen atoms in total. The number of nitrogens with one attached hydrogen (secondary N) is 1. The number of rotatable bonds is 11. The molecule has 0 spiro atoms. The highest BCUT2D eigenvalue weighted by molar-refractivity contribution is 7.99. The predicted molar refractivity (Wildman–Crippen MR) is 179 cm³/mol. The molecular formula is C33H29N7O5S2. The minimum absolute atomic E-state index is 0.00847. The smallest absolute Gasteiger partial charge is 0.269 e. The van der Waals surface area contributed by atoms with Gasteiger partial charge in [0.15, 0.2) is 11.0 Å². The minimum Gasteiger partial charge on any atom is -0.495 e. The fourth-order valence-corrected chi connectivity index (χ4v) is 6.67. The van der Waals surface area contributed by atoms with Gasteiger partial charge in [-0.2, -0.15) is 5.10 Å². The molecule has 1 aliphatic heterocycles. The number of nitro benzene ring substituents is 1. The summed E-state index contributed by atoms with van der Waals surface area (Å²) in [5.74, 6) is 0.361. The van der Waals surface area contributed by atoms with E-state index in [0.717, 1.165) is 21.7 Å². The van der Waals surface area contributed by atoms with Gasteiger partial charge in [0.25, 0.3) is 17.5 Å². The van der Waals surface area contributed by atoms with Crippen molar-refractivity contribution in [3.8, 4) is 11.4 Å². The van der Waals surface area contributed by atoms with Gasteiger partial charge in [0.05, 0.1) is 46.6 Å². The molecule has 0 radical (unpaired) electrons. The van der Waals surface area contributed by atoms with Gasteiger partial charge in [-0.3, -0.25) is 24.3 Å². The second-order valence-electron chi connectivity index (χ2n) is 10.6. The quantitative estimate of drug-likeness (QED) is 0.103. The summed E-state index contributed by atoms with van der Waals surface area (Å²) in [7, 11) is 1.55. The monoisotopic (exact) mass is 667 g/mol. The number of hydrogen-bond acceptors (Lipinski definition) is 10. The maximum Gasteiger partial charge on any atom is 0.269 e. The maximum absolute atomic E-state index is 13.8. The van der Waals surface area contributed by atoms with Crippen molar-refractivity contribution in [1.29, 1.82) is 0 Å². The first-order chi connectivity index (χ1) is 22.8. The second kappa shape index (κ2) is 14.0. The summed E-state index contributed by atoms with van der Waals surface area (Å²) in [6.07, 6.45) is 0.607. The number of carbonyl (C=O) groups excluding carboxylic acids is 2. The number of aryl methyl sites for hydroxylation is 1. The lowest BCUT2D eigenvalue weighted by atomic mass is 10.00. The Bertz CT molecular complexity index is 1940. The van der Waals surface area contributed by atoms with E-state index in [1.165, 1.54) is 36.0 Å². The van der Waals surface area contributed by atoms with Crippen LogP contribution in [0.15, 0.2) is 101 Å². The van der Waals surface area contributed by atoms with Gasteiger partial charge < -0.3 is 10.1 Å². The Labute approximate surface area is 278 Å². The number of ether oxygens (including phenoxy) is 1. The number of methoxy groups -OCH3 is 1. The zero-order chi connectivity index (χ0) is 32.9. The molecule has 2 aromatic heterocycles. The third-order valence-corrected chi connectivity index (χ3v) is 9.36. The van der Waals surface area contributed by atoms with Gasteiger partial charge in [-0.05, 0) is 48.2 Å². The van der Waals surface area contributed by atoms with E-state index in [2.05, 4.69) is 15.5 Å². The Kier molecular flexibility index (Phi) is 9.40. The molecule has 1 aliphatic rings. The number of para-hydroxylation sites is 2. The summed E-state index contributed by atoms with van der Waals surface area (Å²) in [4.78, 5) is 38.2. The van der Waals surface area contributed by atoms with Gasteiger partial charge in [0.1, 0.15) is 5.75 Å². The molecule has 2 amide bonds. The van der Waals surface area contributed by atoms with Crippen molar-refractivity contribution < 1.29 is 19.2 Å². The number of benzene rings is 3. The summed E-state index contributed by atoms with van der Waals surface area (Å²) in [6.45, 7) is 2.02. The summed E-state index contributed by atoms with van der Waals surface area (Å²) < 4.78 is 7.35. The van der Waals surface area contributed by atoms with Crippen molar-refractivity contribution in [3.05, 3.63) is 128 Å². The Morgan fingerprint density at radius 2 is 1.81 bits per heavy atom. The third kappa shape index (κ3) is 6.93. The van der Waals surface area contributed by atoms with E-state index >= 15 is 0 Å². The van der Waals surface area contributed by atoms with Crippen LogP contribution in [0.4, 0.5) is 5.69 Å². The lowest BCUT2D eigenvalue weighted by Crippen LogP contribution is -2.28. The van der Waals surface area contributed by atoms with E-state index in [4.69, 9.17) is 9.84 Å². The van der Waals surface area contributed by atoms with E-state index in [9.17, 15) is 19.7 Å². The van der Waals surface area contributed by atoms with E-state index in [-0.39, 0.29) is 35.5 Å². The van der Waals surface area contributed by atoms with Gasteiger partial charge in [-0.15, -0.1) is 21.5 Å². The standard InChI is InChI=1S/C33H29N7O5S2/c1-21-9-11-22(12-10-21)27-18-25(29-8-5-17-46-29)37-39(27)31(41)20-47-33-36-35-30(38(33)26-6-3-4-7-28(26)45-2)19-34-32(42)23-13-15-24(16-14-23)40(43)44/h3-17,27H,18-20H2,1-2H3,(H,34,42). The molecule has 0 saturated heterocycles. The molecule has 0 bridgehead atoms. The Balaban J connectivity index is 1.24. The van der Waals surface area contributed by atoms with Gasteiger partial charge in [0, 0.05) is 24.1 Å². The van der Waals surface area contributed by atoms with Crippen LogP contribution in [0, 0.1) is 17.0 Å². The summed E-state index contributed by atoms with van der Waals surface area (Å²) in [5.41, 5.74) is 3.79. The first kappa shape index (κ1) is 31.6. The number of amides is 2. The lowest BCUT2D eigenvalue weighted by Gasteiger charge is -2.22. The molecule has 6 rings (SSSR count). The summed E-state index contributed by atoms with van der Waals surface area (Å²) in [6, 6.07) is 24.5. The Morgan fingerprint density at radius 1 is 1.04 bits per heavy atom. The summed E-state index contributed by atoms with van der Waals surface area (Å²) in [5, 5.41) is 31.3. The minimum atomic E-state index is -0.525. The number of hydrazone groups is 1. The van der Waals surface area contributed by atoms with Gasteiger partial charge in [-0.25, -0.2) is 5.01 Å². The van der Waals surface area contributed by atoms with Crippen LogP contribution in [-0.2, 0) is 11.3 Å². The molecule has 47 heavy (non-hydrogen) atoms. The van der Waals surface area contributed by atoms with Crippen molar-refractivity contribution in [1.82, 2.24) is 25.1 Å². The maximum atomic E-state index is 13.8. The molecule has 0 saturated carbocycles. The van der Waals surface area contributed by atoms with Crippen LogP contribution >= 0.6 is 23.1 Å². The van der Waals surface area contributed by atoms with E-state index in [0.29, 0.717) is 28.8 Å². The topological polar surface area (TPSA) is 145 Å². The van der Waals surface area contributed by atoms with Crippen LogP contribution in [0.5, 0.6) is 5.75 Å². The fourth-order valence-electron chi connectivity index (χ4n) is 5.13. The van der Waals surface area contributed by atoms with Gasteiger partial charge in [0.2, 0.25) is 0 Å². The van der Waals surface area contributed by atoms with Crippen molar-refractivity contribution in [3.63, 3.8) is 0 Å². The number of aromatic nitrogens is 3. The number of thioether (sulfide) groups is 1. The number of nitro groups is 1. The van der Waals surface area contributed by atoms with Gasteiger partial charge >= 0.3 is 0 Å². The largest absolute Gasteiger partial charge is 0.495 e. The zero-order valence-corrected chi connectivity index (χ0v) is 27.0. The Morgan fingerprint density at radius 3 is 2.51 bits per heavy atom. The van der Waals surface area contributed by atoms with Crippen LogP contribution in [-0.4, -0.2) is 55.1 Å². The van der Waals surface area contributed by atoms with Crippen LogP contribution in [0.3, 0.4) is 0 Å². The molecule has 5 aromatic rings.